The minimum absolute atomic E-state index is 0.223. The standard InChI is InChI=1S/C23H29N5O4S2/c1-16-5-3-8-27-20(16)25-19(24-6-4-7-26-9-13-32-14-10-26)17(21(27)29)15-18-22(30)28(11-12-31-2)23(33)34-18/h3,5,8,15,24H,4,6-7,9-14H2,1-2H3. The molecule has 0 spiro atoms. The third-order valence-corrected chi connectivity index (χ3v) is 7.18. The molecule has 0 radical (unpaired) electrons. The lowest BCUT2D eigenvalue weighted by Crippen LogP contribution is -2.37. The maximum atomic E-state index is 13.4. The second-order valence-electron chi connectivity index (χ2n) is 8.12. The summed E-state index contributed by atoms with van der Waals surface area (Å²) in [6.45, 7) is 7.68. The molecule has 0 aliphatic carbocycles. The second kappa shape index (κ2) is 11.4. The van der Waals surface area contributed by atoms with Gasteiger partial charge in [-0.05, 0) is 37.6 Å². The first-order chi connectivity index (χ1) is 16.5. The third-order valence-electron chi connectivity index (χ3n) is 5.80. The number of amides is 1. The molecule has 2 fully saturated rings. The average Bonchev–Trinajstić information content (AvgIpc) is 3.11. The molecular formula is C23H29N5O4S2. The summed E-state index contributed by atoms with van der Waals surface area (Å²) < 4.78 is 12.5. The lowest BCUT2D eigenvalue weighted by molar-refractivity contribution is -0.122. The van der Waals surface area contributed by atoms with Crippen LogP contribution >= 0.6 is 24.0 Å². The zero-order valence-electron chi connectivity index (χ0n) is 19.4. The van der Waals surface area contributed by atoms with Gasteiger partial charge in [-0.25, -0.2) is 4.98 Å². The fraction of sp³-hybridized carbons (Fsp3) is 0.478. The number of morpholine rings is 1. The van der Waals surface area contributed by atoms with E-state index in [0.717, 1.165) is 44.8 Å². The summed E-state index contributed by atoms with van der Waals surface area (Å²) in [4.78, 5) is 35.4. The van der Waals surface area contributed by atoms with Gasteiger partial charge < -0.3 is 14.8 Å². The molecular weight excluding hydrogens is 474 g/mol. The third kappa shape index (κ3) is 5.49. The number of thiocarbonyl (C=S) groups is 1. The Morgan fingerprint density at radius 2 is 2.09 bits per heavy atom. The molecule has 34 heavy (non-hydrogen) atoms. The molecule has 0 unspecified atom stereocenters. The number of carbonyl (C=O) groups is 1. The minimum Gasteiger partial charge on any atom is -0.383 e. The number of aromatic nitrogens is 2. The van der Waals surface area contributed by atoms with Gasteiger partial charge in [0.05, 0.1) is 36.8 Å². The predicted octanol–water partition coefficient (Wildman–Crippen LogP) is 1.98. The smallest absolute Gasteiger partial charge is 0.267 e. The normalized spacial score (nSPS) is 18.4. The lowest BCUT2D eigenvalue weighted by Gasteiger charge is -2.26. The first-order valence-electron chi connectivity index (χ1n) is 11.3. The van der Waals surface area contributed by atoms with E-state index in [9.17, 15) is 9.59 Å². The topological polar surface area (TPSA) is 88.4 Å². The van der Waals surface area contributed by atoms with E-state index in [0.29, 0.717) is 46.0 Å². The number of pyridine rings is 1. The van der Waals surface area contributed by atoms with Crippen LogP contribution in [0.2, 0.25) is 0 Å². The van der Waals surface area contributed by atoms with Crippen molar-refractivity contribution in [2.75, 3.05) is 65.0 Å². The Morgan fingerprint density at radius 1 is 1.29 bits per heavy atom. The summed E-state index contributed by atoms with van der Waals surface area (Å²) in [5.74, 6) is 0.252. The number of hydrogen-bond donors (Lipinski definition) is 1. The molecule has 0 atom stereocenters. The largest absolute Gasteiger partial charge is 0.383 e. The first kappa shape index (κ1) is 24.8. The zero-order chi connectivity index (χ0) is 24.1. The zero-order valence-corrected chi connectivity index (χ0v) is 21.0. The summed E-state index contributed by atoms with van der Waals surface area (Å²) in [5, 5.41) is 3.34. The number of thioether (sulfide) groups is 1. The van der Waals surface area contributed by atoms with E-state index < -0.39 is 0 Å². The van der Waals surface area contributed by atoms with Crippen LogP contribution < -0.4 is 10.9 Å². The van der Waals surface area contributed by atoms with Gasteiger partial charge in [0.1, 0.15) is 15.8 Å². The van der Waals surface area contributed by atoms with E-state index in [1.165, 1.54) is 21.1 Å². The minimum atomic E-state index is -0.230. The molecule has 2 aliphatic rings. The number of aryl methyl sites for hydroxylation is 1. The lowest BCUT2D eigenvalue weighted by atomic mass is 10.2. The maximum Gasteiger partial charge on any atom is 0.267 e. The van der Waals surface area contributed by atoms with Crippen molar-refractivity contribution in [2.24, 2.45) is 0 Å². The highest BCUT2D eigenvalue weighted by Gasteiger charge is 2.32. The SMILES string of the molecule is COCCN1C(=O)C(=Cc2c(NCCCN3CCOCC3)nc3c(C)cccn3c2=O)SC1=S. The van der Waals surface area contributed by atoms with Crippen LogP contribution in [0.3, 0.4) is 0 Å². The van der Waals surface area contributed by atoms with Crippen molar-refractivity contribution in [3.8, 4) is 0 Å². The van der Waals surface area contributed by atoms with Gasteiger partial charge in [0.25, 0.3) is 11.5 Å². The van der Waals surface area contributed by atoms with Crippen molar-refractivity contribution in [3.05, 3.63) is 44.7 Å². The van der Waals surface area contributed by atoms with Crippen molar-refractivity contribution in [2.45, 2.75) is 13.3 Å². The quantitative estimate of drug-likeness (QED) is 0.314. The Hall–Kier alpha value is -2.31. The monoisotopic (exact) mass is 503 g/mol. The molecule has 2 aromatic heterocycles. The van der Waals surface area contributed by atoms with Crippen molar-refractivity contribution < 1.29 is 14.3 Å². The molecule has 0 saturated carbocycles. The highest BCUT2D eigenvalue weighted by Crippen LogP contribution is 2.32. The summed E-state index contributed by atoms with van der Waals surface area (Å²) in [6.07, 6.45) is 4.20. The molecule has 0 bridgehead atoms. The van der Waals surface area contributed by atoms with Gasteiger partial charge in [-0.2, -0.15) is 0 Å². The van der Waals surface area contributed by atoms with Gasteiger partial charge in [-0.15, -0.1) is 0 Å². The molecule has 0 aromatic carbocycles. The molecule has 4 heterocycles. The summed E-state index contributed by atoms with van der Waals surface area (Å²) in [5.41, 5.74) is 1.61. The fourth-order valence-electron chi connectivity index (χ4n) is 3.92. The summed E-state index contributed by atoms with van der Waals surface area (Å²) in [7, 11) is 1.58. The molecule has 1 N–H and O–H groups in total. The number of anilines is 1. The van der Waals surface area contributed by atoms with Crippen LogP contribution in [0.4, 0.5) is 5.82 Å². The van der Waals surface area contributed by atoms with E-state index in [2.05, 4.69) is 10.2 Å². The van der Waals surface area contributed by atoms with E-state index in [4.69, 9.17) is 26.7 Å². The van der Waals surface area contributed by atoms with Crippen molar-refractivity contribution in [1.29, 1.82) is 0 Å². The van der Waals surface area contributed by atoms with Crippen molar-refractivity contribution >= 4 is 51.7 Å². The van der Waals surface area contributed by atoms with Crippen LogP contribution in [0.25, 0.3) is 11.7 Å². The maximum absolute atomic E-state index is 13.4. The van der Waals surface area contributed by atoms with Crippen LogP contribution in [0.5, 0.6) is 0 Å². The van der Waals surface area contributed by atoms with Crippen LogP contribution in [0, 0.1) is 6.92 Å². The Balaban J connectivity index is 1.61. The molecule has 4 rings (SSSR count). The van der Waals surface area contributed by atoms with Gasteiger partial charge in [-0.1, -0.05) is 30.0 Å². The molecule has 2 saturated heterocycles. The number of rotatable bonds is 9. The number of carbonyl (C=O) groups excluding carboxylic acids is 1. The molecule has 9 nitrogen and oxygen atoms in total. The summed E-state index contributed by atoms with van der Waals surface area (Å²) >= 11 is 6.57. The number of fused-ring (bicyclic) bond motifs is 1. The Kier molecular flexibility index (Phi) is 8.32. The average molecular weight is 504 g/mol. The highest BCUT2D eigenvalue weighted by atomic mass is 32.2. The fourth-order valence-corrected chi connectivity index (χ4v) is 5.21. The number of nitrogens with zero attached hydrogens (tertiary/aromatic N) is 4. The van der Waals surface area contributed by atoms with Gasteiger partial charge in [0.15, 0.2) is 0 Å². The van der Waals surface area contributed by atoms with Gasteiger partial charge in [0.2, 0.25) is 0 Å². The van der Waals surface area contributed by atoms with Crippen LogP contribution in [0.1, 0.15) is 17.5 Å². The van der Waals surface area contributed by atoms with Crippen molar-refractivity contribution in [3.63, 3.8) is 0 Å². The molecule has 1 amide bonds. The predicted molar refractivity (Wildman–Crippen MR) is 138 cm³/mol. The molecule has 11 heteroatoms. The van der Waals surface area contributed by atoms with Crippen molar-refractivity contribution in [1.82, 2.24) is 19.2 Å². The van der Waals surface area contributed by atoms with E-state index >= 15 is 0 Å². The molecule has 2 aliphatic heterocycles. The van der Waals surface area contributed by atoms with E-state index in [-0.39, 0.29) is 11.5 Å². The van der Waals surface area contributed by atoms with Gasteiger partial charge in [0, 0.05) is 32.9 Å². The highest BCUT2D eigenvalue weighted by molar-refractivity contribution is 8.26. The molecule has 2 aromatic rings. The second-order valence-corrected chi connectivity index (χ2v) is 9.80. The van der Waals surface area contributed by atoms with Crippen LogP contribution in [-0.2, 0) is 14.3 Å². The molecule has 182 valence electrons. The van der Waals surface area contributed by atoms with E-state index in [1.807, 2.05) is 19.1 Å². The Morgan fingerprint density at radius 3 is 2.85 bits per heavy atom. The summed E-state index contributed by atoms with van der Waals surface area (Å²) in [6, 6.07) is 3.74. The van der Waals surface area contributed by atoms with Crippen LogP contribution in [0.15, 0.2) is 28.0 Å². The Bertz CT molecular complexity index is 1160. The van der Waals surface area contributed by atoms with Gasteiger partial charge in [-0.3, -0.25) is 23.8 Å². The Labute approximate surface area is 208 Å². The number of ether oxygens (including phenoxy) is 2. The first-order valence-corrected chi connectivity index (χ1v) is 12.5. The van der Waals surface area contributed by atoms with Crippen LogP contribution in [-0.4, -0.2) is 89.1 Å². The number of methoxy groups -OCH3 is 1. The van der Waals surface area contributed by atoms with E-state index in [1.54, 1.807) is 19.4 Å². The number of nitrogens with one attached hydrogen (secondary N) is 1. The van der Waals surface area contributed by atoms with Gasteiger partial charge >= 0.3 is 0 Å². The number of hydrogen-bond acceptors (Lipinski definition) is 9.